The number of amides is 1. The van der Waals surface area contributed by atoms with Gasteiger partial charge in [0.25, 0.3) is 5.56 Å². The molecule has 0 spiro atoms. The van der Waals surface area contributed by atoms with Gasteiger partial charge in [0.15, 0.2) is 0 Å². The van der Waals surface area contributed by atoms with E-state index in [2.05, 4.69) is 26.0 Å². The van der Waals surface area contributed by atoms with Crippen molar-refractivity contribution in [3.05, 3.63) is 96.6 Å². The van der Waals surface area contributed by atoms with Gasteiger partial charge in [0, 0.05) is 17.3 Å². The molecule has 8 nitrogen and oxygen atoms in total. The van der Waals surface area contributed by atoms with E-state index in [-0.39, 0.29) is 36.6 Å². The third kappa shape index (κ3) is 4.16. The van der Waals surface area contributed by atoms with Crippen molar-refractivity contribution in [3.8, 4) is 5.88 Å². The first kappa shape index (κ1) is 21.8. The molecule has 1 atom stereocenters. The highest BCUT2D eigenvalue weighted by Gasteiger charge is 2.35. The molecule has 2 aromatic carbocycles. The number of hydrogen-bond acceptors (Lipinski definition) is 5. The largest absolute Gasteiger partial charge is 0.494 e. The number of H-pyrrole nitrogens is 1. The van der Waals surface area contributed by atoms with Crippen molar-refractivity contribution in [1.29, 1.82) is 0 Å². The summed E-state index contributed by atoms with van der Waals surface area (Å²) in [5.74, 6) is -0.678. The van der Waals surface area contributed by atoms with E-state index in [1.165, 1.54) is 5.01 Å². The normalized spacial score (nSPS) is 15.6. The van der Waals surface area contributed by atoms with Crippen molar-refractivity contribution in [3.63, 3.8) is 0 Å². The predicted octanol–water partition coefficient (Wildman–Crippen LogP) is 3.14. The lowest BCUT2D eigenvalue weighted by molar-refractivity contribution is -0.132. The SMILES string of the molecule is CCC(=O)N1N=C(c2c(O)n(Cc3ccccc3)c(=O)[nH]c2=O)C[C@H]1c1ccc(Br)cc1. The Morgan fingerprint density at radius 1 is 1.16 bits per heavy atom. The Bertz CT molecular complexity index is 1300. The Morgan fingerprint density at radius 2 is 1.84 bits per heavy atom. The zero-order chi connectivity index (χ0) is 22.8. The van der Waals surface area contributed by atoms with Crippen molar-refractivity contribution in [2.75, 3.05) is 0 Å². The van der Waals surface area contributed by atoms with Crippen molar-refractivity contribution in [2.45, 2.75) is 32.4 Å². The van der Waals surface area contributed by atoms with Gasteiger partial charge in [-0.3, -0.25) is 19.1 Å². The van der Waals surface area contributed by atoms with Crippen molar-refractivity contribution in [2.24, 2.45) is 5.10 Å². The average molecular weight is 497 g/mol. The highest BCUT2D eigenvalue weighted by atomic mass is 79.9. The highest BCUT2D eigenvalue weighted by molar-refractivity contribution is 9.10. The van der Waals surface area contributed by atoms with Gasteiger partial charge in [-0.15, -0.1) is 0 Å². The van der Waals surface area contributed by atoms with Crippen LogP contribution in [0.25, 0.3) is 0 Å². The summed E-state index contributed by atoms with van der Waals surface area (Å²) in [5.41, 5.74) is 0.323. The van der Waals surface area contributed by atoms with Crippen LogP contribution in [0.2, 0.25) is 0 Å². The Hall–Kier alpha value is -3.46. The predicted molar refractivity (Wildman–Crippen MR) is 124 cm³/mol. The Balaban J connectivity index is 1.77. The smallest absolute Gasteiger partial charge is 0.331 e. The molecule has 0 unspecified atom stereocenters. The van der Waals surface area contributed by atoms with Gasteiger partial charge in [-0.1, -0.05) is 65.3 Å². The molecular formula is C23H21BrN4O4. The van der Waals surface area contributed by atoms with Crippen LogP contribution >= 0.6 is 15.9 Å². The van der Waals surface area contributed by atoms with Gasteiger partial charge in [-0.25, -0.2) is 9.80 Å². The van der Waals surface area contributed by atoms with E-state index in [9.17, 15) is 19.5 Å². The lowest BCUT2D eigenvalue weighted by Gasteiger charge is -2.21. The molecule has 3 aromatic rings. The quantitative estimate of drug-likeness (QED) is 0.565. The number of hydrogen-bond donors (Lipinski definition) is 2. The Kier molecular flexibility index (Phi) is 6.09. The molecule has 0 saturated carbocycles. The molecule has 0 fully saturated rings. The fourth-order valence-corrected chi connectivity index (χ4v) is 3.99. The van der Waals surface area contributed by atoms with Crippen LogP contribution in [0.5, 0.6) is 5.88 Å². The summed E-state index contributed by atoms with van der Waals surface area (Å²) in [6, 6.07) is 16.2. The van der Waals surface area contributed by atoms with Crippen LogP contribution in [0.15, 0.2) is 73.8 Å². The molecule has 2 heterocycles. The van der Waals surface area contributed by atoms with Crippen LogP contribution in [0, 0.1) is 0 Å². The standard InChI is InChI=1S/C23H21BrN4O4/c1-2-19(29)28-18(15-8-10-16(24)11-9-15)12-17(26-28)20-21(30)25-23(32)27(22(20)31)13-14-6-4-3-5-7-14/h3-11,18,31H,2,12-13H2,1H3,(H,25,30,32)/t18-/m0/s1. The Morgan fingerprint density at radius 3 is 2.50 bits per heavy atom. The second-order valence-corrected chi connectivity index (χ2v) is 8.36. The number of hydrazone groups is 1. The maximum Gasteiger partial charge on any atom is 0.331 e. The minimum Gasteiger partial charge on any atom is -0.494 e. The van der Waals surface area contributed by atoms with Gasteiger partial charge in [0.2, 0.25) is 11.8 Å². The first-order valence-corrected chi connectivity index (χ1v) is 10.9. The zero-order valence-corrected chi connectivity index (χ0v) is 18.9. The third-order valence-corrected chi connectivity index (χ3v) is 5.90. The number of aromatic amines is 1. The fraction of sp³-hybridized carbons (Fsp3) is 0.217. The summed E-state index contributed by atoms with van der Waals surface area (Å²) in [6.07, 6.45) is 0.465. The highest BCUT2D eigenvalue weighted by Crippen LogP contribution is 2.34. The number of rotatable bonds is 5. The van der Waals surface area contributed by atoms with Crippen LogP contribution in [-0.2, 0) is 11.3 Å². The number of aromatic nitrogens is 2. The second kappa shape index (κ2) is 8.96. The summed E-state index contributed by atoms with van der Waals surface area (Å²) in [7, 11) is 0. The number of nitrogens with zero attached hydrogens (tertiary/aromatic N) is 3. The molecule has 2 N–H and O–H groups in total. The third-order valence-electron chi connectivity index (χ3n) is 5.37. The molecule has 1 aliphatic rings. The van der Waals surface area contributed by atoms with Crippen LogP contribution in [-0.4, -0.2) is 31.3 Å². The maximum atomic E-state index is 12.7. The van der Waals surface area contributed by atoms with Crippen molar-refractivity contribution >= 4 is 27.5 Å². The van der Waals surface area contributed by atoms with Crippen LogP contribution < -0.4 is 11.2 Å². The molecule has 4 rings (SSSR count). The summed E-state index contributed by atoms with van der Waals surface area (Å²) in [4.78, 5) is 39.9. The van der Waals surface area contributed by atoms with Gasteiger partial charge in [0.1, 0.15) is 5.56 Å². The number of nitrogens with one attached hydrogen (secondary N) is 1. The monoisotopic (exact) mass is 496 g/mol. The van der Waals surface area contributed by atoms with Gasteiger partial charge < -0.3 is 5.11 Å². The van der Waals surface area contributed by atoms with E-state index < -0.39 is 23.2 Å². The summed E-state index contributed by atoms with van der Waals surface area (Å²) in [6.45, 7) is 1.81. The lowest BCUT2D eigenvalue weighted by atomic mass is 9.99. The van der Waals surface area contributed by atoms with E-state index >= 15 is 0 Å². The van der Waals surface area contributed by atoms with Crippen LogP contribution in [0.1, 0.15) is 42.5 Å². The second-order valence-electron chi connectivity index (χ2n) is 7.44. The van der Waals surface area contributed by atoms with Crippen LogP contribution in [0.3, 0.4) is 0 Å². The lowest BCUT2D eigenvalue weighted by Crippen LogP contribution is -2.34. The first-order chi connectivity index (χ1) is 15.4. The summed E-state index contributed by atoms with van der Waals surface area (Å²) < 4.78 is 1.99. The molecule has 32 heavy (non-hydrogen) atoms. The minimum absolute atomic E-state index is 0.0797. The molecule has 1 amide bonds. The van der Waals surface area contributed by atoms with Gasteiger partial charge in [-0.2, -0.15) is 5.10 Å². The van der Waals surface area contributed by atoms with Crippen molar-refractivity contribution in [1.82, 2.24) is 14.6 Å². The number of benzene rings is 2. The molecular weight excluding hydrogens is 476 g/mol. The fourth-order valence-electron chi connectivity index (χ4n) is 3.73. The molecule has 0 bridgehead atoms. The number of carbonyl (C=O) groups excluding carboxylic acids is 1. The molecule has 164 valence electrons. The first-order valence-electron chi connectivity index (χ1n) is 10.1. The summed E-state index contributed by atoms with van der Waals surface area (Å²) in [5, 5.41) is 16.7. The molecule has 0 aliphatic carbocycles. The topological polar surface area (TPSA) is 108 Å². The minimum atomic E-state index is -0.740. The van der Waals surface area contributed by atoms with Gasteiger partial charge in [-0.05, 0) is 23.3 Å². The number of halogens is 1. The van der Waals surface area contributed by atoms with Gasteiger partial charge >= 0.3 is 5.69 Å². The van der Waals surface area contributed by atoms with E-state index in [0.29, 0.717) is 0 Å². The average Bonchev–Trinajstić information content (AvgIpc) is 3.22. The zero-order valence-electron chi connectivity index (χ0n) is 17.3. The molecule has 0 radical (unpaired) electrons. The van der Waals surface area contributed by atoms with E-state index in [1.54, 1.807) is 6.92 Å². The maximum absolute atomic E-state index is 12.7. The molecule has 1 aliphatic heterocycles. The van der Waals surface area contributed by atoms with Gasteiger partial charge in [0.05, 0.1) is 18.3 Å². The van der Waals surface area contributed by atoms with E-state index in [1.807, 2.05) is 54.6 Å². The summed E-state index contributed by atoms with van der Waals surface area (Å²) >= 11 is 3.40. The number of carbonyl (C=O) groups is 1. The van der Waals surface area contributed by atoms with Crippen LogP contribution in [0.4, 0.5) is 0 Å². The number of aromatic hydroxyl groups is 1. The molecule has 9 heteroatoms. The van der Waals surface area contributed by atoms with E-state index in [0.717, 1.165) is 20.2 Å². The Labute approximate surface area is 192 Å². The molecule has 1 aromatic heterocycles. The van der Waals surface area contributed by atoms with E-state index in [4.69, 9.17) is 0 Å². The molecule has 0 saturated heterocycles. The van der Waals surface area contributed by atoms with Crippen molar-refractivity contribution < 1.29 is 9.90 Å².